The number of halogens is 3. The second kappa shape index (κ2) is 5.11. The molecule has 0 spiro atoms. The molecule has 116 valence electrons. The Morgan fingerprint density at radius 2 is 2.05 bits per heavy atom. The Kier molecular flexibility index (Phi) is 3.44. The van der Waals surface area contributed by atoms with Gasteiger partial charge in [-0.15, -0.1) is 0 Å². The van der Waals surface area contributed by atoms with Crippen LogP contribution in [0.5, 0.6) is 0 Å². The van der Waals surface area contributed by atoms with Gasteiger partial charge in [-0.2, -0.15) is 0 Å². The average Bonchev–Trinajstić information content (AvgIpc) is 3.07. The van der Waals surface area contributed by atoms with Gasteiger partial charge in [-0.25, -0.2) is 0 Å². The van der Waals surface area contributed by atoms with E-state index in [1.165, 1.54) is 0 Å². The number of esters is 1. The summed E-state index contributed by atoms with van der Waals surface area (Å²) >= 11 is 15.4. The molecule has 1 saturated heterocycles. The van der Waals surface area contributed by atoms with Crippen molar-refractivity contribution in [1.82, 2.24) is 0 Å². The SMILES string of the molecule is O=C(Nc1ccc(Cl)c(Cl)c1)[C@@H]1[C@H]2C[C@H]3[C@H](OC(=O)[C@H]31)[C@@H]2Br. The number of rotatable bonds is 2. The number of amides is 1. The Morgan fingerprint density at radius 1 is 1.27 bits per heavy atom. The molecule has 1 aromatic rings. The number of alkyl halides is 1. The van der Waals surface area contributed by atoms with E-state index in [-0.39, 0.29) is 46.5 Å². The van der Waals surface area contributed by atoms with E-state index in [0.717, 1.165) is 6.42 Å². The highest BCUT2D eigenvalue weighted by molar-refractivity contribution is 9.09. The topological polar surface area (TPSA) is 55.4 Å². The highest BCUT2D eigenvalue weighted by atomic mass is 79.9. The zero-order valence-corrected chi connectivity index (χ0v) is 14.4. The van der Waals surface area contributed by atoms with Gasteiger partial charge < -0.3 is 10.1 Å². The summed E-state index contributed by atoms with van der Waals surface area (Å²) in [6, 6.07) is 4.94. The lowest BCUT2D eigenvalue weighted by Gasteiger charge is -2.27. The smallest absolute Gasteiger partial charge is 0.310 e. The second-order valence-electron chi connectivity index (χ2n) is 6.08. The van der Waals surface area contributed by atoms with Crippen LogP contribution in [0.1, 0.15) is 6.42 Å². The van der Waals surface area contributed by atoms with E-state index >= 15 is 0 Å². The van der Waals surface area contributed by atoms with Crippen LogP contribution in [0.25, 0.3) is 0 Å². The summed E-state index contributed by atoms with van der Waals surface area (Å²) in [6.45, 7) is 0. The van der Waals surface area contributed by atoms with Crippen molar-refractivity contribution >= 4 is 56.7 Å². The van der Waals surface area contributed by atoms with Crippen molar-refractivity contribution in [2.45, 2.75) is 17.4 Å². The van der Waals surface area contributed by atoms with E-state index in [9.17, 15) is 9.59 Å². The summed E-state index contributed by atoms with van der Waals surface area (Å²) in [5, 5.41) is 3.66. The number of anilines is 1. The molecule has 22 heavy (non-hydrogen) atoms. The van der Waals surface area contributed by atoms with Crippen LogP contribution in [-0.4, -0.2) is 22.8 Å². The van der Waals surface area contributed by atoms with Gasteiger partial charge in [0.05, 0.1) is 26.7 Å². The first-order valence-electron chi connectivity index (χ1n) is 7.08. The Morgan fingerprint density at radius 3 is 2.77 bits per heavy atom. The monoisotopic (exact) mass is 403 g/mol. The van der Waals surface area contributed by atoms with Crippen molar-refractivity contribution < 1.29 is 14.3 Å². The molecule has 1 aliphatic heterocycles. The molecule has 0 unspecified atom stereocenters. The third kappa shape index (κ3) is 2.02. The first kappa shape index (κ1) is 14.8. The summed E-state index contributed by atoms with van der Waals surface area (Å²) in [7, 11) is 0. The van der Waals surface area contributed by atoms with Crippen molar-refractivity contribution in [2.24, 2.45) is 23.7 Å². The second-order valence-corrected chi connectivity index (χ2v) is 7.95. The molecule has 1 N–H and O–H groups in total. The minimum absolute atomic E-state index is 0.0600. The largest absolute Gasteiger partial charge is 0.461 e. The molecule has 1 heterocycles. The Balaban J connectivity index is 1.58. The summed E-state index contributed by atoms with van der Waals surface area (Å²) in [6.07, 6.45) is 0.785. The van der Waals surface area contributed by atoms with Gasteiger partial charge in [0.2, 0.25) is 5.91 Å². The van der Waals surface area contributed by atoms with E-state index in [4.69, 9.17) is 27.9 Å². The van der Waals surface area contributed by atoms with Gasteiger partial charge in [-0.3, -0.25) is 9.59 Å². The molecule has 1 amide bonds. The maximum absolute atomic E-state index is 12.7. The Hall–Kier alpha value is -0.780. The van der Waals surface area contributed by atoms with Gasteiger partial charge in [-0.05, 0) is 30.5 Å². The lowest BCUT2D eigenvalue weighted by molar-refractivity contribution is -0.145. The van der Waals surface area contributed by atoms with E-state index in [1.807, 2.05) is 0 Å². The van der Waals surface area contributed by atoms with Crippen molar-refractivity contribution in [3.8, 4) is 0 Å². The summed E-state index contributed by atoms with van der Waals surface area (Å²) in [5.74, 6) is -0.770. The van der Waals surface area contributed by atoms with Gasteiger partial charge in [0.1, 0.15) is 6.10 Å². The van der Waals surface area contributed by atoms with Gasteiger partial charge >= 0.3 is 5.97 Å². The van der Waals surface area contributed by atoms with Crippen LogP contribution < -0.4 is 5.32 Å². The molecule has 4 nitrogen and oxygen atoms in total. The summed E-state index contributed by atoms with van der Waals surface area (Å²) in [5.41, 5.74) is 0.580. The van der Waals surface area contributed by atoms with Crippen LogP contribution >= 0.6 is 39.1 Å². The third-order valence-corrected chi connectivity index (χ3v) is 6.95. The Bertz CT molecular complexity index is 683. The lowest BCUT2D eigenvalue weighted by atomic mass is 9.79. The average molecular weight is 405 g/mol. The maximum atomic E-state index is 12.7. The van der Waals surface area contributed by atoms with Gasteiger partial charge in [0.15, 0.2) is 0 Å². The normalized spacial score (nSPS) is 38.2. The van der Waals surface area contributed by atoms with E-state index in [0.29, 0.717) is 15.7 Å². The molecule has 7 heteroatoms. The van der Waals surface area contributed by atoms with Crippen molar-refractivity contribution in [3.05, 3.63) is 28.2 Å². The van der Waals surface area contributed by atoms with Crippen LogP contribution in [0.4, 0.5) is 5.69 Å². The van der Waals surface area contributed by atoms with Gasteiger partial charge in [0, 0.05) is 11.6 Å². The number of carbonyl (C=O) groups excluding carboxylic acids is 2. The molecule has 3 aliphatic rings. The van der Waals surface area contributed by atoms with Crippen LogP contribution in [-0.2, 0) is 14.3 Å². The van der Waals surface area contributed by atoms with E-state index < -0.39 is 0 Å². The fraction of sp³-hybridized carbons (Fsp3) is 0.467. The maximum Gasteiger partial charge on any atom is 0.310 e. The van der Waals surface area contributed by atoms with E-state index in [1.54, 1.807) is 18.2 Å². The van der Waals surface area contributed by atoms with Crippen LogP contribution in [0.2, 0.25) is 10.0 Å². The fourth-order valence-electron chi connectivity index (χ4n) is 4.13. The minimum Gasteiger partial charge on any atom is -0.461 e. The molecule has 0 aromatic heterocycles. The highest BCUT2D eigenvalue weighted by Gasteiger charge is 2.67. The molecular formula is C15H12BrCl2NO3. The number of hydrogen-bond donors (Lipinski definition) is 1. The lowest BCUT2D eigenvalue weighted by Crippen LogP contribution is -2.40. The summed E-state index contributed by atoms with van der Waals surface area (Å²) in [4.78, 5) is 24.8. The quantitative estimate of drug-likeness (QED) is 0.606. The predicted octanol–water partition coefficient (Wildman–Crippen LogP) is 3.50. The predicted molar refractivity (Wildman–Crippen MR) is 86.3 cm³/mol. The molecule has 3 fully saturated rings. The molecule has 4 rings (SSSR count). The molecule has 2 bridgehead atoms. The minimum atomic E-state index is -0.352. The third-order valence-electron chi connectivity index (χ3n) is 5.01. The van der Waals surface area contributed by atoms with Crippen molar-refractivity contribution in [3.63, 3.8) is 0 Å². The van der Waals surface area contributed by atoms with Gasteiger partial charge in [-0.1, -0.05) is 39.1 Å². The van der Waals surface area contributed by atoms with Crippen molar-refractivity contribution in [1.29, 1.82) is 0 Å². The fourth-order valence-corrected chi connectivity index (χ4v) is 5.47. The van der Waals surface area contributed by atoms with Crippen LogP contribution in [0, 0.1) is 23.7 Å². The summed E-state index contributed by atoms with van der Waals surface area (Å²) < 4.78 is 5.41. The first-order chi connectivity index (χ1) is 10.5. The zero-order chi connectivity index (χ0) is 15.6. The number of ether oxygens (including phenoxy) is 1. The molecule has 2 saturated carbocycles. The molecular weight excluding hydrogens is 393 g/mol. The highest BCUT2D eigenvalue weighted by Crippen LogP contribution is 2.60. The Labute approximate surface area is 145 Å². The van der Waals surface area contributed by atoms with E-state index in [2.05, 4.69) is 21.2 Å². The van der Waals surface area contributed by atoms with Crippen molar-refractivity contribution in [2.75, 3.05) is 5.32 Å². The molecule has 1 aromatic carbocycles. The van der Waals surface area contributed by atoms with Crippen LogP contribution in [0.3, 0.4) is 0 Å². The number of carbonyl (C=O) groups is 2. The molecule has 2 aliphatic carbocycles. The number of hydrogen-bond acceptors (Lipinski definition) is 3. The molecule has 0 radical (unpaired) electrons. The first-order valence-corrected chi connectivity index (χ1v) is 8.75. The zero-order valence-electron chi connectivity index (χ0n) is 11.3. The van der Waals surface area contributed by atoms with Crippen LogP contribution in [0.15, 0.2) is 18.2 Å². The number of fused-ring (bicyclic) bond motifs is 1. The van der Waals surface area contributed by atoms with Gasteiger partial charge in [0.25, 0.3) is 0 Å². The number of benzene rings is 1. The number of nitrogens with one attached hydrogen (secondary N) is 1. The standard InChI is InChI=1S/C15H12BrCl2NO3/c16-12-6-4-7-11(15(21)22-13(7)12)10(6)14(20)19-5-1-2-8(17)9(18)3-5/h1-3,6-7,10-13H,4H2,(H,19,20)/t6-,7-,10-,11-,12-,13+/m1/s1. The molecule has 6 atom stereocenters.